The third-order valence-corrected chi connectivity index (χ3v) is 2.69. The number of nitrogens with one attached hydrogen (secondary N) is 1. The first-order chi connectivity index (χ1) is 8.83. The lowest BCUT2D eigenvalue weighted by Gasteiger charge is -2.26. The number of rotatable bonds is 4. The van der Waals surface area contributed by atoms with Crippen molar-refractivity contribution >= 4 is 6.09 Å². The average molecular weight is 265 g/mol. The molecule has 2 N–H and O–H groups in total. The van der Waals surface area contributed by atoms with E-state index >= 15 is 0 Å². The van der Waals surface area contributed by atoms with Gasteiger partial charge in [0.15, 0.2) is 0 Å². The second-order valence-electron chi connectivity index (χ2n) is 5.69. The molecule has 0 saturated heterocycles. The number of hydrogen-bond acceptors (Lipinski definition) is 3. The molecular formula is C15H23NO3. The second kappa shape index (κ2) is 6.57. The van der Waals surface area contributed by atoms with Crippen molar-refractivity contribution in [1.29, 1.82) is 0 Å². The molecule has 1 rings (SSSR count). The molecule has 0 aliphatic rings. The van der Waals surface area contributed by atoms with E-state index in [1.807, 2.05) is 58.0 Å². The zero-order valence-electron chi connectivity index (χ0n) is 12.0. The van der Waals surface area contributed by atoms with Gasteiger partial charge in [-0.25, -0.2) is 4.79 Å². The van der Waals surface area contributed by atoms with Crippen LogP contribution in [0.25, 0.3) is 0 Å². The first-order valence-electron chi connectivity index (χ1n) is 6.49. The van der Waals surface area contributed by atoms with Crippen LogP contribution in [0.15, 0.2) is 30.3 Å². The summed E-state index contributed by atoms with van der Waals surface area (Å²) in [5, 5.41) is 12.1. The Balaban J connectivity index is 2.80. The Hall–Kier alpha value is -1.55. The van der Waals surface area contributed by atoms with Crippen LogP contribution in [-0.4, -0.2) is 23.4 Å². The predicted octanol–water partition coefficient (Wildman–Crippen LogP) is 2.88. The van der Waals surface area contributed by atoms with Gasteiger partial charge in [-0.3, -0.25) is 0 Å². The lowest BCUT2D eigenvalue weighted by Crippen LogP contribution is -2.38. The number of carbonyl (C=O) groups excluding carboxylic acids is 1. The standard InChI is InChI=1S/C15H23NO3/c1-11(10-17)13(12-8-6-5-7-9-12)16-14(18)19-15(2,3)4/h5-9,11,13,17H,10H2,1-4H3,(H,16,18). The van der Waals surface area contributed by atoms with Crippen molar-refractivity contribution in [2.45, 2.75) is 39.3 Å². The summed E-state index contributed by atoms with van der Waals surface area (Å²) in [7, 11) is 0. The summed E-state index contributed by atoms with van der Waals surface area (Å²) in [6, 6.07) is 9.31. The van der Waals surface area contributed by atoms with Crippen molar-refractivity contribution in [1.82, 2.24) is 5.32 Å². The Morgan fingerprint density at radius 2 is 1.89 bits per heavy atom. The van der Waals surface area contributed by atoms with Crippen molar-refractivity contribution in [3.05, 3.63) is 35.9 Å². The van der Waals surface area contributed by atoms with Crippen LogP contribution < -0.4 is 5.32 Å². The molecule has 19 heavy (non-hydrogen) atoms. The molecule has 1 aromatic rings. The van der Waals surface area contributed by atoms with Crippen molar-refractivity contribution < 1.29 is 14.6 Å². The van der Waals surface area contributed by atoms with E-state index in [4.69, 9.17) is 4.74 Å². The highest BCUT2D eigenvalue weighted by Crippen LogP contribution is 2.22. The first-order valence-corrected chi connectivity index (χ1v) is 6.49. The van der Waals surface area contributed by atoms with E-state index in [0.717, 1.165) is 5.56 Å². The van der Waals surface area contributed by atoms with Crippen LogP contribution in [0.2, 0.25) is 0 Å². The quantitative estimate of drug-likeness (QED) is 0.880. The van der Waals surface area contributed by atoms with Gasteiger partial charge in [0.2, 0.25) is 0 Å². The van der Waals surface area contributed by atoms with Crippen molar-refractivity contribution in [2.75, 3.05) is 6.61 Å². The van der Waals surface area contributed by atoms with Gasteiger partial charge >= 0.3 is 6.09 Å². The zero-order valence-corrected chi connectivity index (χ0v) is 12.0. The van der Waals surface area contributed by atoms with Gasteiger partial charge < -0.3 is 15.2 Å². The third-order valence-electron chi connectivity index (χ3n) is 2.69. The van der Waals surface area contributed by atoms with E-state index in [-0.39, 0.29) is 18.6 Å². The highest BCUT2D eigenvalue weighted by molar-refractivity contribution is 5.68. The summed E-state index contributed by atoms with van der Waals surface area (Å²) in [6.07, 6.45) is -0.471. The molecule has 0 heterocycles. The summed E-state index contributed by atoms with van der Waals surface area (Å²) >= 11 is 0. The number of amides is 1. The Labute approximate surface area is 114 Å². The van der Waals surface area contributed by atoms with E-state index in [9.17, 15) is 9.90 Å². The minimum absolute atomic E-state index is 0.00460. The Bertz CT molecular complexity index is 398. The summed E-state index contributed by atoms with van der Waals surface area (Å²) in [5.74, 6) is -0.0880. The molecule has 2 atom stereocenters. The summed E-state index contributed by atoms with van der Waals surface area (Å²) in [6.45, 7) is 7.34. The van der Waals surface area contributed by atoms with Crippen LogP contribution in [0, 0.1) is 5.92 Å². The number of alkyl carbamates (subject to hydrolysis) is 1. The highest BCUT2D eigenvalue weighted by atomic mass is 16.6. The fourth-order valence-corrected chi connectivity index (χ4v) is 1.75. The Morgan fingerprint density at radius 1 is 1.32 bits per heavy atom. The van der Waals surface area contributed by atoms with Crippen LogP contribution >= 0.6 is 0 Å². The van der Waals surface area contributed by atoms with Gasteiger partial charge in [0.05, 0.1) is 6.04 Å². The average Bonchev–Trinajstić information content (AvgIpc) is 2.34. The molecule has 106 valence electrons. The van der Waals surface area contributed by atoms with E-state index < -0.39 is 11.7 Å². The van der Waals surface area contributed by atoms with E-state index in [2.05, 4.69) is 5.32 Å². The van der Waals surface area contributed by atoms with Gasteiger partial charge in [-0.1, -0.05) is 37.3 Å². The minimum atomic E-state index is -0.534. The molecule has 4 heteroatoms. The molecule has 0 aromatic heterocycles. The van der Waals surface area contributed by atoms with Gasteiger partial charge in [-0.15, -0.1) is 0 Å². The monoisotopic (exact) mass is 265 g/mol. The fraction of sp³-hybridized carbons (Fsp3) is 0.533. The molecule has 0 saturated carbocycles. The molecule has 0 aliphatic heterocycles. The zero-order chi connectivity index (χ0) is 14.5. The highest BCUT2D eigenvalue weighted by Gasteiger charge is 2.24. The SMILES string of the molecule is CC(CO)C(NC(=O)OC(C)(C)C)c1ccccc1. The predicted molar refractivity (Wildman–Crippen MR) is 74.8 cm³/mol. The molecule has 1 amide bonds. The van der Waals surface area contributed by atoms with Crippen LogP contribution in [0.4, 0.5) is 4.79 Å². The van der Waals surface area contributed by atoms with Gasteiger partial charge in [0.1, 0.15) is 5.60 Å². The van der Waals surface area contributed by atoms with Gasteiger partial charge in [-0.05, 0) is 26.3 Å². The number of ether oxygens (including phenoxy) is 1. The molecule has 0 spiro atoms. The number of aliphatic hydroxyl groups is 1. The minimum Gasteiger partial charge on any atom is -0.444 e. The van der Waals surface area contributed by atoms with Crippen LogP contribution in [-0.2, 0) is 4.74 Å². The normalized spacial score (nSPS) is 14.6. The maximum Gasteiger partial charge on any atom is 0.408 e. The summed E-state index contributed by atoms with van der Waals surface area (Å²) in [5.41, 5.74) is 0.420. The van der Waals surface area contributed by atoms with Crippen molar-refractivity contribution in [3.63, 3.8) is 0 Å². The first kappa shape index (κ1) is 15.5. The van der Waals surface area contributed by atoms with E-state index in [1.54, 1.807) is 0 Å². The maximum atomic E-state index is 11.8. The van der Waals surface area contributed by atoms with E-state index in [1.165, 1.54) is 0 Å². The van der Waals surface area contributed by atoms with Gasteiger partial charge in [0.25, 0.3) is 0 Å². The molecular weight excluding hydrogens is 242 g/mol. The molecule has 0 bridgehead atoms. The van der Waals surface area contributed by atoms with Crippen LogP contribution in [0.5, 0.6) is 0 Å². The fourth-order valence-electron chi connectivity index (χ4n) is 1.75. The van der Waals surface area contributed by atoms with Crippen LogP contribution in [0.1, 0.15) is 39.3 Å². The van der Waals surface area contributed by atoms with Gasteiger partial charge in [0, 0.05) is 12.5 Å². The number of benzene rings is 1. The second-order valence-corrected chi connectivity index (χ2v) is 5.69. The van der Waals surface area contributed by atoms with Crippen molar-refractivity contribution in [2.24, 2.45) is 5.92 Å². The summed E-state index contributed by atoms with van der Waals surface area (Å²) < 4.78 is 5.25. The molecule has 0 aliphatic carbocycles. The Kier molecular flexibility index (Phi) is 5.36. The Morgan fingerprint density at radius 3 is 2.37 bits per heavy atom. The summed E-state index contributed by atoms with van der Waals surface area (Å²) in [4.78, 5) is 11.8. The molecule has 4 nitrogen and oxygen atoms in total. The lowest BCUT2D eigenvalue weighted by molar-refractivity contribution is 0.0474. The largest absolute Gasteiger partial charge is 0.444 e. The number of hydrogen-bond donors (Lipinski definition) is 2. The molecule has 2 unspecified atom stereocenters. The maximum absolute atomic E-state index is 11.8. The molecule has 0 fully saturated rings. The van der Waals surface area contributed by atoms with Crippen LogP contribution in [0.3, 0.4) is 0 Å². The topological polar surface area (TPSA) is 58.6 Å². The number of aliphatic hydroxyl groups excluding tert-OH is 1. The van der Waals surface area contributed by atoms with Gasteiger partial charge in [-0.2, -0.15) is 0 Å². The molecule has 1 aromatic carbocycles. The molecule has 0 radical (unpaired) electrons. The lowest BCUT2D eigenvalue weighted by atomic mass is 9.95. The van der Waals surface area contributed by atoms with E-state index in [0.29, 0.717) is 0 Å². The number of carbonyl (C=O) groups is 1. The smallest absolute Gasteiger partial charge is 0.408 e. The third kappa shape index (κ3) is 5.30. The van der Waals surface area contributed by atoms with Crippen molar-refractivity contribution in [3.8, 4) is 0 Å².